The van der Waals surface area contributed by atoms with Gasteiger partial charge < -0.3 is 5.73 Å². The summed E-state index contributed by atoms with van der Waals surface area (Å²) in [5, 5.41) is 4.07. The van der Waals surface area contributed by atoms with Crippen LogP contribution in [0.25, 0.3) is 10.8 Å². The highest BCUT2D eigenvalue weighted by Gasteiger charge is 2.14. The predicted molar refractivity (Wildman–Crippen MR) is 94.2 cm³/mol. The highest BCUT2D eigenvalue weighted by molar-refractivity contribution is 7.99. The van der Waals surface area contributed by atoms with Crippen LogP contribution in [0.15, 0.2) is 52.8 Å². The average molecular weight is 328 g/mol. The van der Waals surface area contributed by atoms with Gasteiger partial charge in [0.05, 0.1) is 10.9 Å². The molecule has 0 aliphatic heterocycles. The minimum absolute atomic E-state index is 0.141. The van der Waals surface area contributed by atoms with Gasteiger partial charge in [0.25, 0.3) is 0 Å². The molecule has 0 bridgehead atoms. The molecule has 2 heterocycles. The van der Waals surface area contributed by atoms with Gasteiger partial charge in [-0.05, 0) is 24.6 Å². The molecule has 1 atom stereocenters. The number of thioether (sulfide) groups is 2. The number of hydrogen-bond acceptors (Lipinski definition) is 6. The van der Waals surface area contributed by atoms with Crippen LogP contribution in [0.4, 0.5) is 5.82 Å². The Kier molecular flexibility index (Phi) is 4.49. The number of benzene rings is 1. The zero-order valence-corrected chi connectivity index (χ0v) is 14.0. The van der Waals surface area contributed by atoms with Gasteiger partial charge in [0.1, 0.15) is 10.8 Å². The van der Waals surface area contributed by atoms with E-state index in [1.54, 1.807) is 29.6 Å². The van der Waals surface area contributed by atoms with Crippen molar-refractivity contribution in [1.82, 2.24) is 15.0 Å². The molecule has 1 unspecified atom stereocenters. The summed E-state index contributed by atoms with van der Waals surface area (Å²) in [6.07, 6.45) is 3.83. The Morgan fingerprint density at radius 1 is 1.14 bits per heavy atom. The third-order valence-electron chi connectivity index (χ3n) is 3.28. The maximum Gasteiger partial charge on any atom is 0.191 e. The van der Waals surface area contributed by atoms with Crippen molar-refractivity contribution in [3.05, 3.63) is 48.3 Å². The van der Waals surface area contributed by atoms with E-state index >= 15 is 0 Å². The Hall–Kier alpha value is -1.79. The molecule has 0 radical (unpaired) electrons. The largest absolute Gasteiger partial charge is 0.384 e. The number of fused-ring (bicyclic) bond motifs is 1. The standard InChI is InChI=1S/C16H16N4S2/c1-10(22-16-19-13(17)9-14(20-16)21-2)15-12-6-4-3-5-11(12)7-8-18-15/h3-10H,1-2H3,(H2,17,19,20). The summed E-state index contributed by atoms with van der Waals surface area (Å²) >= 11 is 3.14. The van der Waals surface area contributed by atoms with E-state index in [0.29, 0.717) is 11.0 Å². The van der Waals surface area contributed by atoms with Crippen LogP contribution < -0.4 is 5.73 Å². The van der Waals surface area contributed by atoms with Gasteiger partial charge in [-0.1, -0.05) is 36.0 Å². The van der Waals surface area contributed by atoms with Crippen molar-refractivity contribution in [2.24, 2.45) is 0 Å². The first-order valence-corrected chi connectivity index (χ1v) is 8.96. The fourth-order valence-corrected chi connectivity index (χ4v) is 3.66. The molecule has 1 aromatic carbocycles. The van der Waals surface area contributed by atoms with E-state index in [9.17, 15) is 0 Å². The van der Waals surface area contributed by atoms with Crippen LogP contribution in [0.5, 0.6) is 0 Å². The zero-order valence-electron chi connectivity index (χ0n) is 12.4. The van der Waals surface area contributed by atoms with E-state index in [1.807, 2.05) is 30.7 Å². The summed E-state index contributed by atoms with van der Waals surface area (Å²) in [5.41, 5.74) is 6.89. The zero-order chi connectivity index (χ0) is 15.5. The number of pyridine rings is 1. The molecule has 22 heavy (non-hydrogen) atoms. The highest BCUT2D eigenvalue weighted by Crippen LogP contribution is 2.35. The first-order chi connectivity index (χ1) is 10.7. The van der Waals surface area contributed by atoms with Crippen LogP contribution in [0.1, 0.15) is 17.9 Å². The van der Waals surface area contributed by atoms with Crippen molar-refractivity contribution >= 4 is 40.1 Å². The van der Waals surface area contributed by atoms with E-state index in [-0.39, 0.29) is 5.25 Å². The van der Waals surface area contributed by atoms with Crippen molar-refractivity contribution < 1.29 is 0 Å². The van der Waals surface area contributed by atoms with Gasteiger partial charge in [-0.15, -0.1) is 11.8 Å². The van der Waals surface area contributed by atoms with Crippen molar-refractivity contribution in [3.63, 3.8) is 0 Å². The quantitative estimate of drug-likeness (QED) is 0.440. The van der Waals surface area contributed by atoms with Crippen LogP contribution in [-0.4, -0.2) is 21.2 Å². The number of nitrogen functional groups attached to an aromatic ring is 1. The minimum Gasteiger partial charge on any atom is -0.384 e. The van der Waals surface area contributed by atoms with Crippen molar-refractivity contribution in [2.45, 2.75) is 22.4 Å². The topological polar surface area (TPSA) is 64.7 Å². The smallest absolute Gasteiger partial charge is 0.191 e. The summed E-state index contributed by atoms with van der Waals surface area (Å²) in [6.45, 7) is 2.12. The molecule has 0 saturated heterocycles. The molecule has 0 fully saturated rings. The second kappa shape index (κ2) is 6.54. The molecule has 0 spiro atoms. The summed E-state index contributed by atoms with van der Waals surface area (Å²) in [6, 6.07) is 12.1. The molecular formula is C16H16N4S2. The van der Waals surface area contributed by atoms with Crippen LogP contribution in [0.2, 0.25) is 0 Å². The van der Waals surface area contributed by atoms with Crippen LogP contribution in [0, 0.1) is 0 Å². The molecule has 0 amide bonds. The number of hydrogen-bond donors (Lipinski definition) is 1. The number of rotatable bonds is 4. The summed E-state index contributed by atoms with van der Waals surface area (Å²) in [4.78, 5) is 13.4. The molecule has 112 valence electrons. The van der Waals surface area contributed by atoms with Gasteiger partial charge in [0.15, 0.2) is 5.16 Å². The number of aromatic nitrogens is 3. The maximum atomic E-state index is 5.85. The van der Waals surface area contributed by atoms with Gasteiger partial charge in [-0.25, -0.2) is 9.97 Å². The van der Waals surface area contributed by atoms with Crippen LogP contribution >= 0.6 is 23.5 Å². The Labute approximate surface area is 138 Å². The monoisotopic (exact) mass is 328 g/mol. The minimum atomic E-state index is 0.141. The third-order valence-corrected chi connectivity index (χ3v) is 4.88. The molecule has 3 aromatic rings. The molecule has 0 saturated carbocycles. The molecule has 0 aliphatic carbocycles. The molecule has 0 aliphatic rings. The molecular weight excluding hydrogens is 312 g/mol. The lowest BCUT2D eigenvalue weighted by Gasteiger charge is -2.13. The van der Waals surface area contributed by atoms with Crippen LogP contribution in [0.3, 0.4) is 0 Å². The van der Waals surface area contributed by atoms with E-state index < -0.39 is 0 Å². The lowest BCUT2D eigenvalue weighted by atomic mass is 10.1. The first-order valence-electron chi connectivity index (χ1n) is 6.86. The average Bonchev–Trinajstić information content (AvgIpc) is 2.53. The van der Waals surface area contributed by atoms with E-state index in [4.69, 9.17) is 5.73 Å². The summed E-state index contributed by atoms with van der Waals surface area (Å²) in [5.74, 6) is 0.500. The molecule has 2 N–H and O–H groups in total. The Morgan fingerprint density at radius 2 is 1.95 bits per heavy atom. The first kappa shape index (κ1) is 15.1. The van der Waals surface area contributed by atoms with Gasteiger partial charge in [-0.2, -0.15) is 0 Å². The van der Waals surface area contributed by atoms with Gasteiger partial charge in [0.2, 0.25) is 0 Å². The Balaban J connectivity index is 1.93. The van der Waals surface area contributed by atoms with Gasteiger partial charge in [0, 0.05) is 17.6 Å². The third kappa shape index (κ3) is 3.18. The normalized spacial score (nSPS) is 12.5. The Bertz CT molecular complexity index is 802. The maximum absolute atomic E-state index is 5.85. The summed E-state index contributed by atoms with van der Waals surface area (Å²) in [7, 11) is 0. The summed E-state index contributed by atoms with van der Waals surface area (Å²) < 4.78 is 0. The van der Waals surface area contributed by atoms with E-state index in [0.717, 1.165) is 10.7 Å². The highest BCUT2D eigenvalue weighted by atomic mass is 32.2. The molecule has 6 heteroatoms. The van der Waals surface area contributed by atoms with E-state index in [2.05, 4.69) is 34.0 Å². The SMILES string of the molecule is CSc1cc(N)nc(SC(C)c2nccc3ccccc23)n1. The fourth-order valence-electron chi connectivity index (χ4n) is 2.26. The lowest BCUT2D eigenvalue weighted by Crippen LogP contribution is -1.99. The van der Waals surface area contributed by atoms with Crippen molar-refractivity contribution in [2.75, 3.05) is 12.0 Å². The lowest BCUT2D eigenvalue weighted by molar-refractivity contribution is 0.890. The fraction of sp³-hybridized carbons (Fsp3) is 0.188. The predicted octanol–water partition coefficient (Wildman–Crippen LogP) is 4.18. The molecule has 3 rings (SSSR count). The number of nitrogens with two attached hydrogens (primary N) is 1. The van der Waals surface area contributed by atoms with Crippen LogP contribution in [-0.2, 0) is 0 Å². The second-order valence-corrected chi connectivity index (χ2v) is 6.93. The van der Waals surface area contributed by atoms with Gasteiger partial charge >= 0.3 is 0 Å². The second-order valence-electron chi connectivity index (χ2n) is 4.80. The van der Waals surface area contributed by atoms with Gasteiger partial charge in [-0.3, -0.25) is 4.98 Å². The molecule has 2 aromatic heterocycles. The number of anilines is 1. The van der Waals surface area contributed by atoms with Crippen molar-refractivity contribution in [3.8, 4) is 0 Å². The molecule has 4 nitrogen and oxygen atoms in total. The Morgan fingerprint density at radius 3 is 2.77 bits per heavy atom. The van der Waals surface area contributed by atoms with E-state index in [1.165, 1.54) is 10.8 Å². The van der Waals surface area contributed by atoms with Crippen molar-refractivity contribution in [1.29, 1.82) is 0 Å². The number of nitrogens with zero attached hydrogens (tertiary/aromatic N) is 3.